The van der Waals surface area contributed by atoms with Gasteiger partial charge < -0.3 is 9.14 Å². The third-order valence-corrected chi connectivity index (χ3v) is 3.87. The van der Waals surface area contributed by atoms with Gasteiger partial charge in [-0.25, -0.2) is 4.98 Å². The molecular formula is C17H16Cl2N2O. The van der Waals surface area contributed by atoms with Gasteiger partial charge >= 0.3 is 0 Å². The molecule has 0 saturated carbocycles. The fourth-order valence-corrected chi connectivity index (χ4v) is 2.87. The zero-order chi connectivity index (χ0) is 15.7. The van der Waals surface area contributed by atoms with Crippen molar-refractivity contribution in [1.29, 1.82) is 0 Å². The van der Waals surface area contributed by atoms with E-state index < -0.39 is 0 Å². The van der Waals surface area contributed by atoms with Crippen LogP contribution < -0.4 is 4.74 Å². The molecule has 3 rings (SSSR count). The highest BCUT2D eigenvalue weighted by atomic mass is 35.5. The van der Waals surface area contributed by atoms with Crippen LogP contribution in [0, 0.1) is 0 Å². The molecule has 0 bridgehead atoms. The Labute approximate surface area is 139 Å². The third-order valence-electron chi connectivity index (χ3n) is 3.43. The van der Waals surface area contributed by atoms with Gasteiger partial charge in [0.15, 0.2) is 0 Å². The van der Waals surface area contributed by atoms with E-state index in [9.17, 15) is 0 Å². The number of ether oxygens (including phenoxy) is 1. The predicted octanol–water partition coefficient (Wildman–Crippen LogP) is 5.35. The van der Waals surface area contributed by atoms with Crippen LogP contribution >= 0.6 is 23.2 Å². The van der Waals surface area contributed by atoms with Crippen LogP contribution in [0.4, 0.5) is 0 Å². The summed E-state index contributed by atoms with van der Waals surface area (Å²) in [7, 11) is 0. The van der Waals surface area contributed by atoms with Crippen molar-refractivity contribution in [2.75, 3.05) is 6.61 Å². The SMILES string of the molecule is CCOc1ccc(-c2nc3ccc(Cl)cn3c2C(C)Cl)cc1. The van der Waals surface area contributed by atoms with Crippen molar-refractivity contribution in [3.8, 4) is 17.0 Å². The summed E-state index contributed by atoms with van der Waals surface area (Å²) in [5.74, 6) is 0.846. The minimum atomic E-state index is -0.185. The molecule has 22 heavy (non-hydrogen) atoms. The van der Waals surface area contributed by atoms with Crippen molar-refractivity contribution in [3.63, 3.8) is 0 Å². The van der Waals surface area contributed by atoms with Gasteiger partial charge in [0, 0.05) is 11.8 Å². The van der Waals surface area contributed by atoms with E-state index >= 15 is 0 Å². The summed E-state index contributed by atoms with van der Waals surface area (Å²) in [5.41, 5.74) is 3.64. The molecular weight excluding hydrogens is 319 g/mol. The van der Waals surface area contributed by atoms with E-state index in [1.54, 1.807) is 0 Å². The molecule has 2 aromatic heterocycles. The molecule has 1 atom stereocenters. The van der Waals surface area contributed by atoms with Crippen molar-refractivity contribution in [2.45, 2.75) is 19.2 Å². The maximum absolute atomic E-state index is 6.38. The number of halogens is 2. The first-order chi connectivity index (χ1) is 10.6. The molecule has 0 N–H and O–H groups in total. The number of benzene rings is 1. The topological polar surface area (TPSA) is 26.5 Å². The van der Waals surface area contributed by atoms with Crippen molar-refractivity contribution < 1.29 is 4.74 Å². The number of hydrogen-bond donors (Lipinski definition) is 0. The maximum atomic E-state index is 6.38. The second-order valence-corrected chi connectivity index (χ2v) is 6.09. The smallest absolute Gasteiger partial charge is 0.137 e. The molecule has 0 aliphatic rings. The van der Waals surface area contributed by atoms with Crippen LogP contribution in [-0.4, -0.2) is 16.0 Å². The Morgan fingerprint density at radius 3 is 2.55 bits per heavy atom. The van der Waals surface area contributed by atoms with Crippen LogP contribution in [0.25, 0.3) is 16.9 Å². The van der Waals surface area contributed by atoms with E-state index in [2.05, 4.69) is 0 Å². The monoisotopic (exact) mass is 334 g/mol. The Morgan fingerprint density at radius 2 is 1.91 bits per heavy atom. The van der Waals surface area contributed by atoms with Gasteiger partial charge in [0.25, 0.3) is 0 Å². The molecule has 0 aliphatic heterocycles. The number of fused-ring (bicyclic) bond motifs is 1. The van der Waals surface area contributed by atoms with Gasteiger partial charge in [0.05, 0.1) is 28.4 Å². The van der Waals surface area contributed by atoms with E-state index in [1.165, 1.54) is 0 Å². The van der Waals surface area contributed by atoms with Gasteiger partial charge in [-0.1, -0.05) is 11.6 Å². The third kappa shape index (κ3) is 2.79. The fourth-order valence-electron chi connectivity index (χ4n) is 2.51. The predicted molar refractivity (Wildman–Crippen MR) is 91.1 cm³/mol. The molecule has 1 unspecified atom stereocenters. The molecule has 0 amide bonds. The summed E-state index contributed by atoms with van der Waals surface area (Å²) < 4.78 is 7.43. The van der Waals surface area contributed by atoms with Gasteiger partial charge in [-0.05, 0) is 50.2 Å². The summed E-state index contributed by atoms with van der Waals surface area (Å²) in [4.78, 5) is 4.70. The maximum Gasteiger partial charge on any atom is 0.137 e. The lowest BCUT2D eigenvalue weighted by Gasteiger charge is -2.08. The average molecular weight is 335 g/mol. The minimum absolute atomic E-state index is 0.185. The molecule has 1 aromatic carbocycles. The highest BCUT2D eigenvalue weighted by Gasteiger charge is 2.18. The number of imidazole rings is 1. The first-order valence-electron chi connectivity index (χ1n) is 7.15. The number of pyridine rings is 1. The molecule has 0 saturated heterocycles. The van der Waals surface area contributed by atoms with Crippen molar-refractivity contribution >= 4 is 28.8 Å². The fraction of sp³-hybridized carbons (Fsp3) is 0.235. The Balaban J connectivity index is 2.15. The Hall–Kier alpha value is -1.71. The molecule has 0 fully saturated rings. The number of hydrogen-bond acceptors (Lipinski definition) is 2. The molecule has 5 heteroatoms. The van der Waals surface area contributed by atoms with Crippen molar-refractivity contribution in [2.24, 2.45) is 0 Å². The molecule has 0 radical (unpaired) electrons. The van der Waals surface area contributed by atoms with E-state index in [-0.39, 0.29) is 5.38 Å². The van der Waals surface area contributed by atoms with Crippen LogP contribution in [0.15, 0.2) is 42.6 Å². The Morgan fingerprint density at radius 1 is 1.18 bits per heavy atom. The van der Waals surface area contributed by atoms with E-state index in [0.29, 0.717) is 11.6 Å². The van der Waals surface area contributed by atoms with Gasteiger partial charge in [-0.15, -0.1) is 11.6 Å². The van der Waals surface area contributed by atoms with Crippen LogP contribution in [0.5, 0.6) is 5.75 Å². The Kier molecular flexibility index (Phi) is 4.27. The normalized spacial score (nSPS) is 12.5. The summed E-state index contributed by atoms with van der Waals surface area (Å²) in [5, 5.41) is 0.469. The average Bonchev–Trinajstić information content (AvgIpc) is 2.87. The molecule has 114 valence electrons. The first kappa shape index (κ1) is 15.2. The highest BCUT2D eigenvalue weighted by Crippen LogP contribution is 2.33. The Bertz CT molecular complexity index is 794. The lowest BCUT2D eigenvalue weighted by Crippen LogP contribution is -1.95. The first-order valence-corrected chi connectivity index (χ1v) is 7.96. The minimum Gasteiger partial charge on any atom is -0.494 e. The van der Waals surface area contributed by atoms with Crippen LogP contribution in [0.2, 0.25) is 5.02 Å². The lowest BCUT2D eigenvalue weighted by atomic mass is 10.1. The van der Waals surface area contributed by atoms with E-state index in [0.717, 1.165) is 28.3 Å². The number of alkyl halides is 1. The molecule has 3 nitrogen and oxygen atoms in total. The standard InChI is InChI=1S/C17H16Cl2N2O/c1-3-22-14-7-4-12(5-8-14)16-17(11(2)18)21-10-13(19)6-9-15(21)20-16/h4-11H,3H2,1-2H3. The van der Waals surface area contributed by atoms with E-state index in [4.69, 9.17) is 32.9 Å². The lowest BCUT2D eigenvalue weighted by molar-refractivity contribution is 0.340. The second kappa shape index (κ2) is 6.19. The zero-order valence-electron chi connectivity index (χ0n) is 12.4. The van der Waals surface area contributed by atoms with Gasteiger partial charge in [-0.2, -0.15) is 0 Å². The molecule has 2 heterocycles. The van der Waals surface area contributed by atoms with Gasteiger partial charge in [0.1, 0.15) is 11.4 Å². The number of aromatic nitrogens is 2. The van der Waals surface area contributed by atoms with E-state index in [1.807, 2.05) is 60.8 Å². The second-order valence-electron chi connectivity index (χ2n) is 4.99. The van der Waals surface area contributed by atoms with Crippen LogP contribution in [0.1, 0.15) is 24.9 Å². The quantitative estimate of drug-likeness (QED) is 0.601. The molecule has 3 aromatic rings. The van der Waals surface area contributed by atoms with Gasteiger partial charge in [-0.3, -0.25) is 0 Å². The highest BCUT2D eigenvalue weighted by molar-refractivity contribution is 6.30. The zero-order valence-corrected chi connectivity index (χ0v) is 13.9. The summed E-state index contributed by atoms with van der Waals surface area (Å²) in [6.45, 7) is 4.55. The summed E-state index contributed by atoms with van der Waals surface area (Å²) in [6, 6.07) is 11.6. The van der Waals surface area contributed by atoms with Gasteiger partial charge in [0.2, 0.25) is 0 Å². The molecule has 0 spiro atoms. The van der Waals surface area contributed by atoms with Crippen molar-refractivity contribution in [1.82, 2.24) is 9.38 Å². The van der Waals surface area contributed by atoms with Crippen LogP contribution in [-0.2, 0) is 0 Å². The van der Waals surface area contributed by atoms with Crippen molar-refractivity contribution in [3.05, 3.63) is 53.3 Å². The largest absolute Gasteiger partial charge is 0.494 e. The summed E-state index contributed by atoms with van der Waals surface area (Å²) >= 11 is 12.5. The summed E-state index contributed by atoms with van der Waals surface area (Å²) in [6.07, 6.45) is 1.84. The van der Waals surface area contributed by atoms with Crippen LogP contribution in [0.3, 0.4) is 0 Å². The molecule has 0 aliphatic carbocycles. The number of rotatable bonds is 4. The number of nitrogens with zero attached hydrogens (tertiary/aromatic N) is 2.